The molecule has 1 aromatic heterocycles. The molecule has 1 heterocycles. The van der Waals surface area contributed by atoms with Crippen molar-refractivity contribution in [2.45, 2.75) is 13.8 Å². The molecule has 0 aliphatic heterocycles. The number of rotatable bonds is 2. The average Bonchev–Trinajstić information content (AvgIpc) is 2.29. The van der Waals surface area contributed by atoms with Crippen LogP contribution in [0.4, 0.5) is 0 Å². The first-order valence-electron chi connectivity index (χ1n) is 4.97. The summed E-state index contributed by atoms with van der Waals surface area (Å²) in [6.07, 6.45) is 6.22. The highest BCUT2D eigenvalue weighted by atomic mass is 16.2. The average molecular weight is 220 g/mol. The van der Waals surface area contributed by atoms with E-state index in [0.29, 0.717) is 10.7 Å². The van der Waals surface area contributed by atoms with Crippen molar-refractivity contribution in [3.63, 3.8) is 0 Å². The van der Waals surface area contributed by atoms with E-state index in [0.717, 1.165) is 0 Å². The van der Waals surface area contributed by atoms with Gasteiger partial charge in [0.2, 0.25) is 0 Å². The van der Waals surface area contributed by atoms with Crippen molar-refractivity contribution < 1.29 is 0 Å². The molecule has 0 amide bonds. The minimum absolute atomic E-state index is 0.504. The van der Waals surface area contributed by atoms with Crippen LogP contribution in [0.25, 0.3) is 12.2 Å². The third kappa shape index (κ3) is 3.57. The molecule has 0 fully saturated rings. The van der Waals surface area contributed by atoms with Crippen LogP contribution in [0.2, 0.25) is 0 Å². The lowest BCUT2D eigenvalue weighted by molar-refractivity contribution is 1.00. The maximum atomic E-state index is 11.0. The third-order valence-electron chi connectivity index (χ3n) is 1.56. The maximum absolute atomic E-state index is 11.0. The van der Waals surface area contributed by atoms with Gasteiger partial charge in [-0.2, -0.15) is 0 Å². The van der Waals surface area contributed by atoms with Crippen LogP contribution in [0, 0.1) is 0 Å². The number of nitrogens with one attached hydrogen (secondary N) is 2. The summed E-state index contributed by atoms with van der Waals surface area (Å²) in [5, 5.41) is 1.01. The Bertz CT molecular complexity index is 523. The van der Waals surface area contributed by atoms with Crippen molar-refractivity contribution in [1.82, 2.24) is 9.97 Å². The molecular formula is C12H16N2O2. The van der Waals surface area contributed by atoms with E-state index in [1.54, 1.807) is 12.2 Å². The second-order valence-electron chi connectivity index (χ2n) is 2.54. The van der Waals surface area contributed by atoms with Gasteiger partial charge in [-0.3, -0.25) is 9.59 Å². The summed E-state index contributed by atoms with van der Waals surface area (Å²) in [5.41, 5.74) is -1.36. The molecule has 0 unspecified atom stereocenters. The number of hydrogen-bond donors (Lipinski definition) is 2. The Labute approximate surface area is 93.4 Å². The Morgan fingerprint density at radius 3 is 1.44 bits per heavy atom. The Kier molecular flexibility index (Phi) is 6.28. The van der Waals surface area contributed by atoms with Gasteiger partial charge in [0, 0.05) is 0 Å². The molecule has 4 nitrogen and oxygen atoms in total. The quantitative estimate of drug-likeness (QED) is 0.690. The van der Waals surface area contributed by atoms with Crippen LogP contribution in [0.5, 0.6) is 0 Å². The molecule has 0 spiro atoms. The first-order valence-corrected chi connectivity index (χ1v) is 4.97. The Balaban J connectivity index is 0.00000106. The number of allylic oxidation sites excluding steroid dienone is 2. The zero-order chi connectivity index (χ0) is 12.6. The van der Waals surface area contributed by atoms with Crippen molar-refractivity contribution in [1.29, 1.82) is 0 Å². The van der Waals surface area contributed by atoms with Crippen LogP contribution < -0.4 is 21.8 Å². The molecule has 1 rings (SSSR count). The fraction of sp³-hybridized carbons (Fsp3) is 0.167. The molecule has 0 aliphatic carbocycles. The van der Waals surface area contributed by atoms with Crippen molar-refractivity contribution >= 4 is 12.2 Å². The largest absolute Gasteiger partial charge is 0.316 e. The lowest BCUT2D eigenvalue weighted by Crippen LogP contribution is -2.46. The van der Waals surface area contributed by atoms with Gasteiger partial charge in [0.1, 0.15) is 0 Å². The van der Waals surface area contributed by atoms with Gasteiger partial charge in [-0.15, -0.1) is 0 Å². The minimum Gasteiger partial charge on any atom is -0.316 e. The Hall–Kier alpha value is -2.10. The van der Waals surface area contributed by atoms with Gasteiger partial charge in [0.05, 0.1) is 10.7 Å². The zero-order valence-electron chi connectivity index (χ0n) is 9.54. The molecule has 0 aromatic carbocycles. The molecule has 0 atom stereocenters. The van der Waals surface area contributed by atoms with Crippen molar-refractivity contribution in [3.8, 4) is 0 Å². The van der Waals surface area contributed by atoms with E-state index in [1.807, 2.05) is 13.8 Å². The molecule has 2 N–H and O–H groups in total. The van der Waals surface area contributed by atoms with E-state index < -0.39 is 11.1 Å². The molecular weight excluding hydrogens is 204 g/mol. The summed E-state index contributed by atoms with van der Waals surface area (Å²) in [4.78, 5) is 26.8. The highest BCUT2D eigenvalue weighted by Gasteiger charge is 1.92. The predicted molar refractivity (Wildman–Crippen MR) is 67.6 cm³/mol. The highest BCUT2D eigenvalue weighted by molar-refractivity contribution is 5.37. The van der Waals surface area contributed by atoms with Crippen LogP contribution in [-0.2, 0) is 0 Å². The maximum Gasteiger partial charge on any atom is 0.314 e. The van der Waals surface area contributed by atoms with Gasteiger partial charge < -0.3 is 9.97 Å². The van der Waals surface area contributed by atoms with E-state index in [-0.39, 0.29) is 0 Å². The first-order chi connectivity index (χ1) is 7.69. The van der Waals surface area contributed by atoms with Crippen LogP contribution in [0.1, 0.15) is 13.8 Å². The summed E-state index contributed by atoms with van der Waals surface area (Å²) in [6, 6.07) is 0. The van der Waals surface area contributed by atoms with Crippen LogP contribution >= 0.6 is 0 Å². The first kappa shape index (κ1) is 13.9. The predicted octanol–water partition coefficient (Wildman–Crippen LogP) is 0.0224. The molecule has 0 saturated carbocycles. The second-order valence-corrected chi connectivity index (χ2v) is 2.54. The lowest BCUT2D eigenvalue weighted by Gasteiger charge is -1.88. The molecule has 0 bridgehead atoms. The Morgan fingerprint density at radius 1 is 0.875 bits per heavy atom. The smallest absolute Gasteiger partial charge is 0.314 e. The van der Waals surface area contributed by atoms with E-state index in [4.69, 9.17) is 0 Å². The molecule has 1 aromatic rings. The minimum atomic E-state index is -0.681. The third-order valence-corrected chi connectivity index (χ3v) is 1.56. The number of hydrogen-bond acceptors (Lipinski definition) is 2. The van der Waals surface area contributed by atoms with Gasteiger partial charge in [0.25, 0.3) is 0 Å². The molecule has 86 valence electrons. The zero-order valence-corrected chi connectivity index (χ0v) is 9.54. The van der Waals surface area contributed by atoms with E-state index in [2.05, 4.69) is 23.1 Å². The molecule has 16 heavy (non-hydrogen) atoms. The number of H-pyrrole nitrogens is 2. The molecule has 4 heteroatoms. The monoisotopic (exact) mass is 220 g/mol. The summed E-state index contributed by atoms with van der Waals surface area (Å²) in [7, 11) is 0. The normalized spacial score (nSPS) is 11.6. The van der Waals surface area contributed by atoms with Crippen LogP contribution in [-0.4, -0.2) is 9.97 Å². The molecule has 0 radical (unpaired) electrons. The van der Waals surface area contributed by atoms with Gasteiger partial charge in [0.15, 0.2) is 0 Å². The van der Waals surface area contributed by atoms with Gasteiger partial charge >= 0.3 is 11.1 Å². The standard InChI is InChI=1S/C10H10N2O2.C2H6/c1-3-5-7-8(6-4-2)12-10(14)9(13)11-7;1-2/h3-6H,1-2H2,(H,11,13)(H,12,14);1-2H3/b7-5+,8-6+;. The summed E-state index contributed by atoms with van der Waals surface area (Å²) in [6.45, 7) is 11.0. The summed E-state index contributed by atoms with van der Waals surface area (Å²) < 4.78 is 0. The van der Waals surface area contributed by atoms with Gasteiger partial charge in [-0.05, 0) is 12.2 Å². The molecule has 0 aliphatic rings. The van der Waals surface area contributed by atoms with Crippen LogP contribution in [0.15, 0.2) is 34.9 Å². The number of aromatic nitrogens is 2. The summed E-state index contributed by atoms with van der Waals surface area (Å²) >= 11 is 0. The van der Waals surface area contributed by atoms with Crippen LogP contribution in [0.3, 0.4) is 0 Å². The molecule has 0 saturated heterocycles. The second kappa shape index (κ2) is 7.23. The SMILES string of the molecule is C=C/C=c1/[nH]c(=O)c(=O)[nH]/c1=C/C=C.CC. The van der Waals surface area contributed by atoms with E-state index >= 15 is 0 Å². The van der Waals surface area contributed by atoms with Crippen molar-refractivity contribution in [2.75, 3.05) is 0 Å². The van der Waals surface area contributed by atoms with Crippen molar-refractivity contribution in [2.24, 2.45) is 0 Å². The summed E-state index contributed by atoms with van der Waals surface area (Å²) in [5.74, 6) is 0. The van der Waals surface area contributed by atoms with E-state index in [9.17, 15) is 9.59 Å². The number of aromatic amines is 2. The fourth-order valence-electron chi connectivity index (χ4n) is 0.991. The highest BCUT2D eigenvalue weighted by Crippen LogP contribution is 1.62. The van der Waals surface area contributed by atoms with Gasteiger partial charge in [-0.25, -0.2) is 0 Å². The topological polar surface area (TPSA) is 65.7 Å². The lowest BCUT2D eigenvalue weighted by atomic mass is 10.4. The fourth-order valence-corrected chi connectivity index (χ4v) is 0.991. The Morgan fingerprint density at radius 2 is 1.19 bits per heavy atom. The van der Waals surface area contributed by atoms with Gasteiger partial charge in [-0.1, -0.05) is 39.2 Å². The van der Waals surface area contributed by atoms with E-state index in [1.165, 1.54) is 12.2 Å². The van der Waals surface area contributed by atoms with Crippen molar-refractivity contribution in [3.05, 3.63) is 56.7 Å².